The van der Waals surface area contributed by atoms with E-state index in [1.54, 1.807) is 30.3 Å². The molecular formula is C29H23BrN2O7S. The van der Waals surface area contributed by atoms with Crippen molar-refractivity contribution < 1.29 is 34.1 Å². The van der Waals surface area contributed by atoms with Crippen molar-refractivity contribution in [1.29, 1.82) is 0 Å². The standard InChI is InChI=1S/C29H23BrN2O7S/c1-16(33)38-25(29(30)27(37)32-21(26(35)36)15-40-28(29)32)18-10-11-24-20(12-18)31(13-17-6-3-2-4-7-17)14-19-22(34)8-5-9-23(19)39-24/h2-12,15,25,28,34H,13-14H2,1H3,(H,35,36). The minimum Gasteiger partial charge on any atom is -0.507 e. The third-order valence-electron chi connectivity index (χ3n) is 7.11. The molecule has 0 aliphatic carbocycles. The molecule has 1 fully saturated rings. The molecular weight excluding hydrogens is 600 g/mol. The van der Waals surface area contributed by atoms with Gasteiger partial charge in [-0.2, -0.15) is 0 Å². The lowest BCUT2D eigenvalue weighted by Gasteiger charge is -2.51. The number of hydrogen-bond donors (Lipinski definition) is 2. The van der Waals surface area contributed by atoms with Crippen LogP contribution >= 0.6 is 27.7 Å². The molecule has 0 radical (unpaired) electrons. The number of amides is 1. The molecule has 3 atom stereocenters. The molecule has 11 heteroatoms. The van der Waals surface area contributed by atoms with Crippen LogP contribution in [0.4, 0.5) is 5.69 Å². The summed E-state index contributed by atoms with van der Waals surface area (Å²) in [7, 11) is 0. The van der Waals surface area contributed by atoms with Crippen LogP contribution < -0.4 is 9.64 Å². The van der Waals surface area contributed by atoms with Gasteiger partial charge in [-0.1, -0.05) is 58.4 Å². The normalized spacial score (nSPS) is 21.6. The maximum Gasteiger partial charge on any atom is 0.353 e. The highest BCUT2D eigenvalue weighted by Crippen LogP contribution is 2.58. The minimum atomic E-state index is -1.39. The maximum absolute atomic E-state index is 13.4. The molecule has 3 aliphatic rings. The highest BCUT2D eigenvalue weighted by molar-refractivity contribution is 9.10. The van der Waals surface area contributed by atoms with Crippen LogP contribution in [0.3, 0.4) is 0 Å². The second-order valence-corrected chi connectivity index (χ2v) is 11.9. The van der Waals surface area contributed by atoms with Gasteiger partial charge in [0.1, 0.15) is 22.6 Å². The van der Waals surface area contributed by atoms with Gasteiger partial charge in [-0.05, 0) is 35.4 Å². The van der Waals surface area contributed by atoms with Crippen molar-refractivity contribution in [3.8, 4) is 17.2 Å². The van der Waals surface area contributed by atoms with E-state index in [1.807, 2.05) is 36.4 Å². The highest BCUT2D eigenvalue weighted by Gasteiger charge is 2.68. The lowest BCUT2D eigenvalue weighted by Crippen LogP contribution is -2.70. The van der Waals surface area contributed by atoms with Crippen molar-refractivity contribution in [3.05, 3.63) is 94.5 Å². The zero-order chi connectivity index (χ0) is 28.2. The quantitative estimate of drug-likeness (QED) is 0.215. The van der Waals surface area contributed by atoms with Gasteiger partial charge in [-0.25, -0.2) is 4.79 Å². The summed E-state index contributed by atoms with van der Waals surface area (Å²) in [6.45, 7) is 2.09. The topological polar surface area (TPSA) is 117 Å². The number of esters is 1. The zero-order valence-electron chi connectivity index (χ0n) is 21.1. The molecule has 2 N–H and O–H groups in total. The van der Waals surface area contributed by atoms with Crippen molar-refractivity contribution in [2.75, 3.05) is 4.90 Å². The second kappa shape index (κ2) is 9.90. The van der Waals surface area contributed by atoms with Crippen LogP contribution in [0.25, 0.3) is 0 Å². The number of carbonyl (C=O) groups is 3. The predicted molar refractivity (Wildman–Crippen MR) is 151 cm³/mol. The van der Waals surface area contributed by atoms with Crippen molar-refractivity contribution >= 4 is 51.2 Å². The molecule has 0 bridgehead atoms. The van der Waals surface area contributed by atoms with E-state index in [1.165, 1.54) is 29.0 Å². The van der Waals surface area contributed by atoms with Gasteiger partial charge >= 0.3 is 11.9 Å². The number of fused-ring (bicyclic) bond motifs is 3. The van der Waals surface area contributed by atoms with Crippen LogP contribution in [0.2, 0.25) is 0 Å². The number of carboxylic acids is 1. The summed E-state index contributed by atoms with van der Waals surface area (Å²) in [6.07, 6.45) is -1.06. The fourth-order valence-electron chi connectivity index (χ4n) is 5.24. The number of carbonyl (C=O) groups excluding carboxylic acids is 2. The lowest BCUT2D eigenvalue weighted by molar-refractivity contribution is -0.162. The number of ether oxygens (including phenoxy) is 2. The number of alkyl halides is 1. The van der Waals surface area contributed by atoms with Crippen LogP contribution in [0.5, 0.6) is 17.2 Å². The number of anilines is 1. The Morgan fingerprint density at radius 1 is 1.15 bits per heavy atom. The number of thioether (sulfide) groups is 1. The fourth-order valence-corrected chi connectivity index (χ4v) is 7.54. The van der Waals surface area contributed by atoms with Gasteiger partial charge in [-0.3, -0.25) is 14.5 Å². The van der Waals surface area contributed by atoms with Crippen molar-refractivity contribution in [1.82, 2.24) is 4.90 Å². The molecule has 0 aromatic heterocycles. The largest absolute Gasteiger partial charge is 0.507 e. The van der Waals surface area contributed by atoms with E-state index in [-0.39, 0.29) is 11.4 Å². The Hall–Kier alpha value is -3.96. The molecule has 0 saturated carbocycles. The molecule has 1 amide bonds. The van der Waals surface area contributed by atoms with Crippen LogP contribution in [0.1, 0.15) is 29.7 Å². The number of β-lactam (4-membered cyclic amide) rings is 1. The first kappa shape index (κ1) is 26.3. The average molecular weight is 623 g/mol. The Morgan fingerprint density at radius 3 is 2.65 bits per heavy atom. The molecule has 9 nitrogen and oxygen atoms in total. The Kier molecular flexibility index (Phi) is 6.50. The predicted octanol–water partition coefficient (Wildman–Crippen LogP) is 5.28. The third kappa shape index (κ3) is 4.20. The molecule has 204 valence electrons. The number of halogens is 1. The number of phenolic OH excluding ortho intramolecular Hbond substituents is 1. The van der Waals surface area contributed by atoms with E-state index in [0.29, 0.717) is 41.4 Å². The van der Waals surface area contributed by atoms with Crippen molar-refractivity contribution in [3.63, 3.8) is 0 Å². The first-order valence-electron chi connectivity index (χ1n) is 12.4. The van der Waals surface area contributed by atoms with Gasteiger partial charge < -0.3 is 24.6 Å². The second-order valence-electron chi connectivity index (χ2n) is 9.65. The van der Waals surface area contributed by atoms with Crippen LogP contribution in [-0.2, 0) is 32.2 Å². The highest BCUT2D eigenvalue weighted by atomic mass is 79.9. The van der Waals surface area contributed by atoms with Gasteiger partial charge in [0.25, 0.3) is 5.91 Å². The van der Waals surface area contributed by atoms with Crippen LogP contribution in [0, 0.1) is 0 Å². The van der Waals surface area contributed by atoms with E-state index >= 15 is 0 Å². The van der Waals surface area contributed by atoms with E-state index in [0.717, 1.165) is 5.56 Å². The summed E-state index contributed by atoms with van der Waals surface area (Å²) in [5.74, 6) is -1.14. The molecule has 0 spiro atoms. The number of rotatable bonds is 6. The number of aliphatic carboxylic acids is 1. The summed E-state index contributed by atoms with van der Waals surface area (Å²) in [5, 5.41) is 21.0. The number of aromatic hydroxyl groups is 1. The summed E-state index contributed by atoms with van der Waals surface area (Å²) in [5.41, 5.74) is 2.76. The van der Waals surface area contributed by atoms with Crippen molar-refractivity contribution in [2.45, 2.75) is 35.8 Å². The van der Waals surface area contributed by atoms with E-state index < -0.39 is 33.6 Å². The zero-order valence-corrected chi connectivity index (χ0v) is 23.5. The summed E-state index contributed by atoms with van der Waals surface area (Å²) >= 11 is 4.75. The monoisotopic (exact) mass is 622 g/mol. The molecule has 3 heterocycles. The first-order chi connectivity index (χ1) is 19.2. The number of benzene rings is 3. The smallest absolute Gasteiger partial charge is 0.353 e. The van der Waals surface area contributed by atoms with Crippen LogP contribution in [-0.4, -0.2) is 42.7 Å². The van der Waals surface area contributed by atoms with Crippen LogP contribution in [0.15, 0.2) is 77.8 Å². The van der Waals surface area contributed by atoms with Gasteiger partial charge in [-0.15, -0.1) is 11.8 Å². The Morgan fingerprint density at radius 2 is 1.93 bits per heavy atom. The maximum atomic E-state index is 13.4. The Bertz CT molecular complexity index is 1580. The minimum absolute atomic E-state index is 0.112. The van der Waals surface area contributed by atoms with E-state index in [9.17, 15) is 24.6 Å². The molecule has 40 heavy (non-hydrogen) atoms. The van der Waals surface area contributed by atoms with Gasteiger partial charge in [0.15, 0.2) is 16.2 Å². The van der Waals surface area contributed by atoms with E-state index in [4.69, 9.17) is 9.47 Å². The van der Waals surface area contributed by atoms with Gasteiger partial charge in [0, 0.05) is 18.9 Å². The SMILES string of the molecule is CC(=O)OC(c1ccc2c(c1)N(Cc1ccccc1)Cc1c(O)cccc1O2)C1(Br)C(=O)N2C(C(=O)O)=CSC21. The number of carboxylic acid groups (broad SMARTS) is 1. The average Bonchev–Trinajstić information content (AvgIpc) is 3.29. The number of nitrogens with zero attached hydrogens (tertiary/aromatic N) is 2. The first-order valence-corrected chi connectivity index (χ1v) is 14.1. The molecule has 3 aromatic carbocycles. The summed E-state index contributed by atoms with van der Waals surface area (Å²) in [4.78, 5) is 40.6. The van der Waals surface area contributed by atoms with Gasteiger partial charge in [0.05, 0.1) is 17.8 Å². The van der Waals surface area contributed by atoms with E-state index in [2.05, 4.69) is 20.8 Å². The Balaban J connectivity index is 1.43. The van der Waals surface area contributed by atoms with Crippen molar-refractivity contribution in [2.24, 2.45) is 0 Å². The number of phenols is 1. The molecule has 3 aromatic rings. The molecule has 3 unspecified atom stereocenters. The molecule has 6 rings (SSSR count). The van der Waals surface area contributed by atoms with Gasteiger partial charge in [0.2, 0.25) is 0 Å². The fraction of sp³-hybridized carbons (Fsp3) is 0.207. The number of hydrogen-bond acceptors (Lipinski definition) is 8. The Labute approximate surface area is 242 Å². The summed E-state index contributed by atoms with van der Waals surface area (Å²) in [6, 6.07) is 20.3. The summed E-state index contributed by atoms with van der Waals surface area (Å²) < 4.78 is 10.6. The lowest BCUT2D eigenvalue weighted by atomic mass is 9.86. The molecule has 3 aliphatic heterocycles. The molecule has 1 saturated heterocycles. The third-order valence-corrected chi connectivity index (χ3v) is 9.80.